The van der Waals surface area contributed by atoms with Gasteiger partial charge in [0.15, 0.2) is 0 Å². The first-order valence-corrected chi connectivity index (χ1v) is 9.55. The van der Waals surface area contributed by atoms with E-state index in [1.807, 2.05) is 24.3 Å². The minimum Gasteiger partial charge on any atom is -0.308 e. The average Bonchev–Trinajstić information content (AvgIpc) is 2.76. The molecule has 1 aliphatic heterocycles. The number of nitrogens with one attached hydrogen (secondary N) is 2. The van der Waals surface area contributed by atoms with Crippen molar-refractivity contribution in [3.8, 4) is 0 Å². The molecule has 4 rings (SSSR count). The van der Waals surface area contributed by atoms with E-state index in [0.29, 0.717) is 23.5 Å². The summed E-state index contributed by atoms with van der Waals surface area (Å²) in [7, 11) is 0. The predicted molar refractivity (Wildman–Crippen MR) is 112 cm³/mol. The number of urea groups is 1. The number of para-hydroxylation sites is 1. The van der Waals surface area contributed by atoms with Crippen LogP contribution in [0.5, 0.6) is 0 Å². The number of rotatable bonds is 3. The predicted octanol–water partition coefficient (Wildman–Crippen LogP) is 5.20. The van der Waals surface area contributed by atoms with Crippen LogP contribution in [0.2, 0.25) is 0 Å². The number of nitrogens with zero attached hydrogens (tertiary/aromatic N) is 1. The molecule has 0 atom stereocenters. The lowest BCUT2D eigenvalue weighted by Gasteiger charge is -2.30. The largest absolute Gasteiger partial charge is 0.323 e. The molecule has 0 spiro atoms. The number of carbonyl (C=O) groups excluding carboxylic acids is 2. The fourth-order valence-corrected chi connectivity index (χ4v) is 3.49. The summed E-state index contributed by atoms with van der Waals surface area (Å²) in [6.45, 7) is 0.566. The molecule has 2 N–H and O–H groups in total. The van der Waals surface area contributed by atoms with Crippen molar-refractivity contribution in [3.63, 3.8) is 0 Å². The van der Waals surface area contributed by atoms with Crippen molar-refractivity contribution >= 4 is 29.0 Å². The molecule has 0 fully saturated rings. The number of benzene rings is 3. The Bertz CT molecular complexity index is 1080. The summed E-state index contributed by atoms with van der Waals surface area (Å²) in [5.74, 6) is -1.85. The molecular weight excluding hydrogens is 388 g/mol. The number of amides is 3. The zero-order chi connectivity index (χ0) is 21.1. The van der Waals surface area contributed by atoms with E-state index in [1.165, 1.54) is 6.07 Å². The van der Waals surface area contributed by atoms with Gasteiger partial charge in [0.25, 0.3) is 5.91 Å². The van der Waals surface area contributed by atoms with Crippen LogP contribution in [0.1, 0.15) is 22.3 Å². The Morgan fingerprint density at radius 2 is 1.60 bits per heavy atom. The second kappa shape index (κ2) is 8.32. The van der Waals surface area contributed by atoms with Gasteiger partial charge in [-0.15, -0.1) is 0 Å². The number of carbonyl (C=O) groups is 2. The van der Waals surface area contributed by atoms with Crippen LogP contribution in [-0.2, 0) is 6.42 Å². The molecule has 5 nitrogen and oxygen atoms in total. The SMILES string of the molecule is O=C(Nc1ccc2c(c1)N(C(=O)c1ccccc1)CCC2)Nc1c(F)cccc1F. The van der Waals surface area contributed by atoms with Gasteiger partial charge < -0.3 is 15.5 Å². The fraction of sp³-hybridized carbons (Fsp3) is 0.130. The number of anilines is 3. The fourth-order valence-electron chi connectivity index (χ4n) is 3.49. The second-order valence-corrected chi connectivity index (χ2v) is 6.95. The van der Waals surface area contributed by atoms with Crippen LogP contribution in [0.4, 0.5) is 30.6 Å². The average molecular weight is 407 g/mol. The molecule has 0 saturated carbocycles. The first-order chi connectivity index (χ1) is 14.5. The minimum atomic E-state index is -0.866. The Morgan fingerprint density at radius 1 is 0.867 bits per heavy atom. The summed E-state index contributed by atoms with van der Waals surface area (Å²) in [6, 6.07) is 16.8. The summed E-state index contributed by atoms with van der Waals surface area (Å²) >= 11 is 0. The maximum absolute atomic E-state index is 13.7. The van der Waals surface area contributed by atoms with Crippen LogP contribution in [0, 0.1) is 11.6 Å². The van der Waals surface area contributed by atoms with Crippen molar-refractivity contribution in [3.05, 3.63) is 89.5 Å². The van der Waals surface area contributed by atoms with Gasteiger partial charge >= 0.3 is 6.03 Å². The van der Waals surface area contributed by atoms with Crippen molar-refractivity contribution in [1.82, 2.24) is 0 Å². The lowest BCUT2D eigenvalue weighted by atomic mass is 10.00. The lowest BCUT2D eigenvalue weighted by molar-refractivity contribution is 0.0985. The third kappa shape index (κ3) is 4.00. The molecule has 1 heterocycles. The smallest absolute Gasteiger partial charge is 0.308 e. The van der Waals surface area contributed by atoms with E-state index in [1.54, 1.807) is 29.2 Å². The number of hydrogen-bond donors (Lipinski definition) is 2. The Balaban J connectivity index is 1.55. The normalized spacial score (nSPS) is 12.8. The summed E-state index contributed by atoms with van der Waals surface area (Å²) in [5.41, 5.74) is 2.18. The molecule has 0 radical (unpaired) electrons. The van der Waals surface area contributed by atoms with Crippen LogP contribution in [0.25, 0.3) is 0 Å². The van der Waals surface area contributed by atoms with Gasteiger partial charge in [-0.3, -0.25) is 4.79 Å². The molecule has 7 heteroatoms. The van der Waals surface area contributed by atoms with Gasteiger partial charge in [-0.2, -0.15) is 0 Å². The van der Waals surface area contributed by atoms with Crippen molar-refractivity contribution in [1.29, 1.82) is 0 Å². The van der Waals surface area contributed by atoms with Crippen LogP contribution in [0.15, 0.2) is 66.7 Å². The number of aryl methyl sites for hydroxylation is 1. The summed E-state index contributed by atoms with van der Waals surface area (Å²) < 4.78 is 27.5. The molecular formula is C23H19F2N3O2. The molecule has 0 aliphatic carbocycles. The van der Waals surface area contributed by atoms with Crippen LogP contribution >= 0.6 is 0 Å². The van der Waals surface area contributed by atoms with E-state index < -0.39 is 23.4 Å². The minimum absolute atomic E-state index is 0.119. The molecule has 152 valence electrons. The highest BCUT2D eigenvalue weighted by atomic mass is 19.1. The van der Waals surface area contributed by atoms with Crippen LogP contribution in [0.3, 0.4) is 0 Å². The third-order valence-corrected chi connectivity index (χ3v) is 4.93. The molecule has 0 bridgehead atoms. The molecule has 0 saturated heterocycles. The van der Waals surface area contributed by atoms with Crippen LogP contribution < -0.4 is 15.5 Å². The van der Waals surface area contributed by atoms with Gasteiger partial charge in [0.1, 0.15) is 17.3 Å². The number of hydrogen-bond acceptors (Lipinski definition) is 2. The molecule has 3 amide bonds. The number of halogens is 2. The standard InChI is InChI=1S/C23H19F2N3O2/c24-18-9-4-10-19(25)21(18)27-23(30)26-17-12-11-15-8-5-13-28(20(15)14-17)22(29)16-6-2-1-3-7-16/h1-4,6-7,9-12,14H,5,8,13H2,(H2,26,27,30). The van der Waals surface area contributed by atoms with E-state index in [4.69, 9.17) is 0 Å². The van der Waals surface area contributed by atoms with E-state index in [9.17, 15) is 18.4 Å². The van der Waals surface area contributed by atoms with Crippen LogP contribution in [-0.4, -0.2) is 18.5 Å². The van der Waals surface area contributed by atoms with E-state index in [0.717, 1.165) is 30.5 Å². The Kier molecular flexibility index (Phi) is 5.43. The maximum Gasteiger partial charge on any atom is 0.323 e. The van der Waals surface area contributed by atoms with Crippen molar-refractivity contribution in [2.45, 2.75) is 12.8 Å². The molecule has 1 aliphatic rings. The van der Waals surface area contributed by atoms with E-state index >= 15 is 0 Å². The molecule has 3 aromatic carbocycles. The highest BCUT2D eigenvalue weighted by Crippen LogP contribution is 2.31. The first kappa shape index (κ1) is 19.6. The number of fused-ring (bicyclic) bond motifs is 1. The van der Waals surface area contributed by atoms with Gasteiger partial charge in [0.2, 0.25) is 0 Å². The monoisotopic (exact) mass is 407 g/mol. The third-order valence-electron chi connectivity index (χ3n) is 4.93. The lowest BCUT2D eigenvalue weighted by Crippen LogP contribution is -2.35. The molecule has 0 aromatic heterocycles. The quantitative estimate of drug-likeness (QED) is 0.627. The Labute approximate surface area is 172 Å². The highest BCUT2D eigenvalue weighted by Gasteiger charge is 2.24. The highest BCUT2D eigenvalue weighted by molar-refractivity contribution is 6.07. The van der Waals surface area contributed by atoms with Gasteiger partial charge in [0, 0.05) is 23.5 Å². The Morgan fingerprint density at radius 3 is 2.33 bits per heavy atom. The second-order valence-electron chi connectivity index (χ2n) is 6.95. The van der Waals surface area contributed by atoms with E-state index in [-0.39, 0.29) is 5.91 Å². The van der Waals surface area contributed by atoms with Crippen molar-refractivity contribution < 1.29 is 18.4 Å². The topological polar surface area (TPSA) is 61.4 Å². The van der Waals surface area contributed by atoms with E-state index in [2.05, 4.69) is 10.6 Å². The summed E-state index contributed by atoms with van der Waals surface area (Å²) in [4.78, 5) is 26.9. The Hall–Kier alpha value is -3.74. The summed E-state index contributed by atoms with van der Waals surface area (Å²) in [5, 5.41) is 4.76. The van der Waals surface area contributed by atoms with Crippen molar-refractivity contribution in [2.24, 2.45) is 0 Å². The molecule has 30 heavy (non-hydrogen) atoms. The maximum atomic E-state index is 13.7. The first-order valence-electron chi connectivity index (χ1n) is 9.55. The van der Waals surface area contributed by atoms with Gasteiger partial charge in [0.05, 0.1) is 0 Å². The van der Waals surface area contributed by atoms with Gasteiger partial charge in [-0.25, -0.2) is 13.6 Å². The summed E-state index contributed by atoms with van der Waals surface area (Å²) in [6.07, 6.45) is 1.66. The zero-order valence-corrected chi connectivity index (χ0v) is 16.0. The molecule has 0 unspecified atom stereocenters. The van der Waals surface area contributed by atoms with Gasteiger partial charge in [-0.05, 0) is 54.8 Å². The zero-order valence-electron chi connectivity index (χ0n) is 16.0. The van der Waals surface area contributed by atoms with Crippen molar-refractivity contribution in [2.75, 3.05) is 22.1 Å². The molecule has 3 aromatic rings. The van der Waals surface area contributed by atoms with Gasteiger partial charge in [-0.1, -0.05) is 30.3 Å².